The van der Waals surface area contributed by atoms with Gasteiger partial charge in [0.05, 0.1) is 16.7 Å². The van der Waals surface area contributed by atoms with Crippen molar-refractivity contribution in [2.45, 2.75) is 77.7 Å². The van der Waals surface area contributed by atoms with E-state index in [1.807, 2.05) is 28.9 Å². The van der Waals surface area contributed by atoms with E-state index in [9.17, 15) is 4.79 Å². The molecule has 5 rings (SSSR count). The van der Waals surface area contributed by atoms with Gasteiger partial charge in [-0.1, -0.05) is 48.5 Å². The number of benzene rings is 2. The summed E-state index contributed by atoms with van der Waals surface area (Å²) in [6, 6.07) is 14.7. The van der Waals surface area contributed by atoms with Crippen molar-refractivity contribution in [3.63, 3.8) is 0 Å². The highest BCUT2D eigenvalue weighted by Crippen LogP contribution is 2.36. The van der Waals surface area contributed by atoms with E-state index < -0.39 is 7.12 Å². The Labute approximate surface area is 229 Å². The van der Waals surface area contributed by atoms with Crippen molar-refractivity contribution in [1.29, 1.82) is 0 Å². The van der Waals surface area contributed by atoms with Gasteiger partial charge in [-0.2, -0.15) is 0 Å². The lowest BCUT2D eigenvalue weighted by Crippen LogP contribution is -2.41. The van der Waals surface area contributed by atoms with Gasteiger partial charge in [0.15, 0.2) is 6.23 Å². The zero-order valence-electron chi connectivity index (χ0n) is 22.6. The number of hydrogen-bond acceptors (Lipinski definition) is 8. The van der Waals surface area contributed by atoms with Crippen LogP contribution in [0.2, 0.25) is 0 Å². The minimum Gasteiger partial charge on any atom is -0.423 e. The minimum absolute atomic E-state index is 0.00792. The van der Waals surface area contributed by atoms with Gasteiger partial charge >= 0.3 is 14.2 Å². The molecule has 2 aliphatic heterocycles. The molecule has 2 aromatic carbocycles. The van der Waals surface area contributed by atoms with E-state index in [0.717, 1.165) is 42.4 Å². The maximum Gasteiger partial charge on any atom is 0.494 e. The fourth-order valence-corrected chi connectivity index (χ4v) is 3.84. The Hall–Kier alpha value is -2.27. The molecule has 204 valence electrons. The van der Waals surface area contributed by atoms with Crippen molar-refractivity contribution < 1.29 is 28.9 Å². The van der Waals surface area contributed by atoms with Crippen LogP contribution in [0.5, 0.6) is 0 Å². The summed E-state index contributed by atoms with van der Waals surface area (Å²) < 4.78 is 20.0. The topological polar surface area (TPSA) is 116 Å². The minimum atomic E-state index is -1.34. The van der Waals surface area contributed by atoms with Crippen LogP contribution in [0.4, 0.5) is 0 Å². The van der Waals surface area contributed by atoms with Gasteiger partial charge < -0.3 is 24.1 Å². The van der Waals surface area contributed by atoms with Crippen LogP contribution < -0.4 is 10.9 Å². The normalized spacial score (nSPS) is 19.7. The van der Waals surface area contributed by atoms with E-state index in [1.165, 1.54) is 0 Å². The Morgan fingerprint density at radius 1 is 1.11 bits per heavy atom. The van der Waals surface area contributed by atoms with Crippen molar-refractivity contribution in [2.24, 2.45) is 0 Å². The van der Waals surface area contributed by atoms with Gasteiger partial charge in [0.25, 0.3) is 0 Å². The average molecular weight is 544 g/mol. The first-order valence-electron chi connectivity index (χ1n) is 12.9. The number of aromatic nitrogens is 3. The number of halogens is 1. The monoisotopic (exact) mass is 543 g/mol. The fraction of sp³-hybridized carbons (Fsp3) is 0.500. The molecule has 1 unspecified atom stereocenters. The molecule has 3 aromatic rings. The molecule has 0 bridgehead atoms. The molecule has 0 saturated carbocycles. The third-order valence-corrected chi connectivity index (χ3v) is 7.09. The SMILES string of the molecule is CC1(C)OB(c2ccc3c(c2)nnn3C2CCCCO2)OC1(C)C.CCC(=O)Cl.OB(O)c1ccccc1. The number of rotatable bonds is 4. The molecule has 2 N–H and O–H groups in total. The lowest BCUT2D eigenvalue weighted by Gasteiger charge is -2.32. The van der Waals surface area contributed by atoms with E-state index >= 15 is 0 Å². The Morgan fingerprint density at radius 3 is 2.24 bits per heavy atom. The number of fused-ring (bicyclic) bond motifs is 1. The largest absolute Gasteiger partial charge is 0.494 e. The summed E-state index contributed by atoms with van der Waals surface area (Å²) in [5, 5.41) is 25.5. The summed E-state index contributed by atoms with van der Waals surface area (Å²) in [7, 11) is -1.72. The van der Waals surface area contributed by atoms with Gasteiger partial charge in [0, 0.05) is 13.0 Å². The van der Waals surface area contributed by atoms with Gasteiger partial charge in [0.1, 0.15) is 5.52 Å². The third kappa shape index (κ3) is 7.65. The Bertz CT molecular complexity index is 1170. The van der Waals surface area contributed by atoms with Crippen LogP contribution in [0.25, 0.3) is 11.0 Å². The molecular weight excluding hydrogens is 507 g/mol. The lowest BCUT2D eigenvalue weighted by atomic mass is 9.79. The fourth-order valence-electron chi connectivity index (χ4n) is 3.84. The molecule has 1 aromatic heterocycles. The van der Waals surface area contributed by atoms with Gasteiger partial charge in [0.2, 0.25) is 5.24 Å². The van der Waals surface area contributed by atoms with E-state index in [2.05, 4.69) is 38.0 Å². The summed E-state index contributed by atoms with van der Waals surface area (Å²) >= 11 is 4.82. The van der Waals surface area contributed by atoms with Crippen LogP contribution in [-0.4, -0.2) is 62.3 Å². The molecule has 3 heterocycles. The van der Waals surface area contributed by atoms with Crippen molar-refractivity contribution in [2.75, 3.05) is 6.61 Å². The summed E-state index contributed by atoms with van der Waals surface area (Å²) in [4.78, 5) is 9.58. The van der Waals surface area contributed by atoms with E-state index in [4.69, 9.17) is 35.7 Å². The molecule has 1 atom stereocenters. The summed E-state index contributed by atoms with van der Waals surface area (Å²) in [6.45, 7) is 10.7. The number of ether oxygens (including phenoxy) is 1. The number of hydrogen-bond donors (Lipinski definition) is 2. The number of nitrogens with zero attached hydrogens (tertiary/aromatic N) is 3. The highest BCUT2D eigenvalue weighted by molar-refractivity contribution is 6.63. The predicted octanol–water partition coefficient (Wildman–Crippen LogP) is 2.96. The van der Waals surface area contributed by atoms with Crippen molar-refractivity contribution in [3.05, 3.63) is 48.5 Å². The quantitative estimate of drug-likeness (QED) is 0.381. The molecule has 12 heteroatoms. The molecule has 2 fully saturated rings. The average Bonchev–Trinajstić information content (AvgIpc) is 3.42. The Balaban J connectivity index is 0.000000236. The molecule has 0 radical (unpaired) electrons. The summed E-state index contributed by atoms with van der Waals surface area (Å²) in [5.41, 5.74) is 2.63. The first kappa shape index (κ1) is 30.3. The molecule has 0 amide bonds. The second-order valence-electron chi connectivity index (χ2n) is 10.2. The summed E-state index contributed by atoms with van der Waals surface area (Å²) in [6.07, 6.45) is 3.69. The first-order valence-corrected chi connectivity index (χ1v) is 13.2. The highest BCUT2D eigenvalue weighted by Gasteiger charge is 2.51. The number of carbonyl (C=O) groups excluding carboxylic acids is 1. The van der Waals surface area contributed by atoms with Crippen LogP contribution in [0, 0.1) is 0 Å². The van der Waals surface area contributed by atoms with Gasteiger partial charge in [-0.05, 0) is 81.6 Å². The van der Waals surface area contributed by atoms with Crippen LogP contribution in [-0.2, 0) is 18.8 Å². The molecule has 2 saturated heterocycles. The Kier molecular flexibility index (Phi) is 10.5. The van der Waals surface area contributed by atoms with Crippen LogP contribution >= 0.6 is 11.6 Å². The Morgan fingerprint density at radius 2 is 1.74 bits per heavy atom. The smallest absolute Gasteiger partial charge is 0.423 e. The highest BCUT2D eigenvalue weighted by atomic mass is 35.5. The van der Waals surface area contributed by atoms with E-state index in [1.54, 1.807) is 31.2 Å². The molecule has 9 nitrogen and oxygen atoms in total. The number of carbonyl (C=O) groups is 1. The van der Waals surface area contributed by atoms with Crippen LogP contribution in [0.3, 0.4) is 0 Å². The van der Waals surface area contributed by atoms with E-state index in [-0.39, 0.29) is 29.8 Å². The first-order chi connectivity index (χ1) is 17.9. The van der Waals surface area contributed by atoms with Gasteiger partial charge in [-0.3, -0.25) is 4.79 Å². The van der Waals surface area contributed by atoms with Crippen LogP contribution in [0.1, 0.15) is 66.5 Å². The lowest BCUT2D eigenvalue weighted by molar-refractivity contribution is -0.111. The molecular formula is C26H36B2ClN3O6. The van der Waals surface area contributed by atoms with Crippen molar-refractivity contribution in [1.82, 2.24) is 15.0 Å². The zero-order valence-corrected chi connectivity index (χ0v) is 23.4. The molecule has 2 aliphatic rings. The zero-order chi connectivity index (χ0) is 27.9. The van der Waals surface area contributed by atoms with Crippen molar-refractivity contribution in [3.8, 4) is 0 Å². The standard InChI is InChI=1S/C17H24BN3O3.C6H7BO2.C3H5ClO/c1-16(2)17(3,4)24-18(23-16)12-8-9-14-13(11-12)19-20-21(14)15-7-5-6-10-22-15;8-7(9)6-4-2-1-3-5-6;1-2-3(4)5/h8-9,11,15H,5-7,10H2,1-4H3;1-5,8-9H;2H2,1H3. The maximum atomic E-state index is 9.58. The predicted molar refractivity (Wildman–Crippen MR) is 150 cm³/mol. The molecule has 38 heavy (non-hydrogen) atoms. The van der Waals surface area contributed by atoms with Gasteiger partial charge in [-0.15, -0.1) is 5.10 Å². The van der Waals surface area contributed by atoms with Crippen molar-refractivity contribution >= 4 is 53.0 Å². The third-order valence-electron chi connectivity index (χ3n) is 6.82. The maximum absolute atomic E-state index is 9.58. The van der Waals surface area contributed by atoms with Gasteiger partial charge in [-0.25, -0.2) is 4.68 Å². The second-order valence-corrected chi connectivity index (χ2v) is 10.6. The van der Waals surface area contributed by atoms with E-state index in [0.29, 0.717) is 11.9 Å². The second kappa shape index (κ2) is 13.2. The molecule has 0 spiro atoms. The molecule has 0 aliphatic carbocycles. The van der Waals surface area contributed by atoms with Crippen LogP contribution in [0.15, 0.2) is 48.5 Å². The summed E-state index contributed by atoms with van der Waals surface area (Å²) in [5.74, 6) is 0.